The number of primary amides is 1. The summed E-state index contributed by atoms with van der Waals surface area (Å²) in [4.78, 5) is 23.7. The van der Waals surface area contributed by atoms with Crippen LogP contribution in [0.4, 0.5) is 4.79 Å². The van der Waals surface area contributed by atoms with Crippen molar-refractivity contribution in [1.29, 1.82) is 0 Å². The molecule has 2 N–H and O–H groups in total. The number of hydrogen-bond donors (Lipinski definition) is 1. The third-order valence-electron chi connectivity index (χ3n) is 2.63. The van der Waals surface area contributed by atoms with Gasteiger partial charge in [-0.1, -0.05) is 30.3 Å². The molecule has 1 aliphatic heterocycles. The van der Waals surface area contributed by atoms with Gasteiger partial charge in [0.05, 0.1) is 6.04 Å². The maximum absolute atomic E-state index is 11.4. The second-order valence-electron chi connectivity index (χ2n) is 3.57. The van der Waals surface area contributed by atoms with E-state index < -0.39 is 6.03 Å². The van der Waals surface area contributed by atoms with Crippen molar-refractivity contribution in [2.24, 2.45) is 5.73 Å². The molecular weight excluding hydrogens is 192 g/mol. The average Bonchev–Trinajstić information content (AvgIpc) is 2.61. The zero-order valence-electron chi connectivity index (χ0n) is 8.22. The van der Waals surface area contributed by atoms with Gasteiger partial charge in [0.25, 0.3) is 0 Å². The highest BCUT2D eigenvalue weighted by atomic mass is 16.2. The van der Waals surface area contributed by atoms with Gasteiger partial charge in [-0.25, -0.2) is 4.79 Å². The van der Waals surface area contributed by atoms with Crippen LogP contribution in [-0.2, 0) is 4.79 Å². The van der Waals surface area contributed by atoms with Crippen LogP contribution < -0.4 is 5.73 Å². The molecule has 78 valence electrons. The van der Waals surface area contributed by atoms with Crippen LogP contribution in [0.25, 0.3) is 0 Å². The SMILES string of the molecule is NC(=O)N1C(=O)CCC1c1ccccc1. The molecule has 0 saturated carbocycles. The standard InChI is InChI=1S/C11H12N2O2/c12-11(15)13-9(6-7-10(13)14)8-4-2-1-3-5-8/h1-5,9H,6-7H2,(H2,12,15). The lowest BCUT2D eigenvalue weighted by atomic mass is 10.1. The van der Waals surface area contributed by atoms with Crippen LogP contribution in [0.3, 0.4) is 0 Å². The van der Waals surface area contributed by atoms with Crippen LogP contribution in [0.5, 0.6) is 0 Å². The molecule has 1 heterocycles. The Hall–Kier alpha value is -1.84. The number of carbonyl (C=O) groups excluding carboxylic acids is 2. The molecule has 1 saturated heterocycles. The smallest absolute Gasteiger partial charge is 0.322 e. The second-order valence-corrected chi connectivity index (χ2v) is 3.57. The molecule has 0 aliphatic carbocycles. The Morgan fingerprint density at radius 3 is 2.60 bits per heavy atom. The molecule has 1 aromatic carbocycles. The van der Waals surface area contributed by atoms with Gasteiger partial charge in [0.2, 0.25) is 5.91 Å². The van der Waals surface area contributed by atoms with Gasteiger partial charge in [-0.05, 0) is 12.0 Å². The predicted octanol–water partition coefficient (Wildman–Crippen LogP) is 1.43. The van der Waals surface area contributed by atoms with Crippen molar-refractivity contribution in [1.82, 2.24) is 4.90 Å². The summed E-state index contributed by atoms with van der Waals surface area (Å²) in [5, 5.41) is 0. The van der Waals surface area contributed by atoms with Crippen molar-refractivity contribution in [3.05, 3.63) is 35.9 Å². The van der Waals surface area contributed by atoms with E-state index in [9.17, 15) is 9.59 Å². The summed E-state index contributed by atoms with van der Waals surface area (Å²) in [6.07, 6.45) is 1.05. The monoisotopic (exact) mass is 204 g/mol. The zero-order chi connectivity index (χ0) is 10.8. The molecule has 1 aromatic rings. The molecule has 0 spiro atoms. The summed E-state index contributed by atoms with van der Waals surface area (Å²) < 4.78 is 0. The molecule has 0 radical (unpaired) electrons. The molecular formula is C11H12N2O2. The molecule has 1 fully saturated rings. The zero-order valence-corrected chi connectivity index (χ0v) is 8.22. The Morgan fingerprint density at radius 2 is 2.00 bits per heavy atom. The quantitative estimate of drug-likeness (QED) is 0.752. The second kappa shape index (κ2) is 3.73. The minimum absolute atomic E-state index is 0.184. The number of amides is 3. The number of imide groups is 1. The number of carbonyl (C=O) groups is 2. The van der Waals surface area contributed by atoms with Crippen LogP contribution in [0.2, 0.25) is 0 Å². The normalized spacial score (nSPS) is 20.7. The van der Waals surface area contributed by atoms with Crippen LogP contribution in [-0.4, -0.2) is 16.8 Å². The maximum atomic E-state index is 11.4. The van der Waals surface area contributed by atoms with Crippen molar-refractivity contribution in [3.8, 4) is 0 Å². The van der Waals surface area contributed by atoms with E-state index in [0.29, 0.717) is 12.8 Å². The highest BCUT2D eigenvalue weighted by Crippen LogP contribution is 2.32. The van der Waals surface area contributed by atoms with Crippen molar-refractivity contribution in [2.45, 2.75) is 18.9 Å². The molecule has 0 aromatic heterocycles. The van der Waals surface area contributed by atoms with E-state index in [1.807, 2.05) is 30.3 Å². The van der Waals surface area contributed by atoms with Crippen molar-refractivity contribution < 1.29 is 9.59 Å². The fourth-order valence-electron chi connectivity index (χ4n) is 1.95. The minimum Gasteiger partial charge on any atom is -0.351 e. The third-order valence-corrected chi connectivity index (χ3v) is 2.63. The number of rotatable bonds is 1. The largest absolute Gasteiger partial charge is 0.351 e. The maximum Gasteiger partial charge on any atom is 0.322 e. The van der Waals surface area contributed by atoms with Crippen molar-refractivity contribution in [3.63, 3.8) is 0 Å². The molecule has 1 aliphatic rings. The van der Waals surface area contributed by atoms with Crippen LogP contribution >= 0.6 is 0 Å². The Balaban J connectivity index is 2.30. The Labute approximate surface area is 87.7 Å². The average molecular weight is 204 g/mol. The summed E-state index contributed by atoms with van der Waals surface area (Å²) in [6, 6.07) is 8.63. The van der Waals surface area contributed by atoms with E-state index in [2.05, 4.69) is 0 Å². The number of benzene rings is 1. The van der Waals surface area contributed by atoms with Crippen molar-refractivity contribution >= 4 is 11.9 Å². The van der Waals surface area contributed by atoms with Gasteiger partial charge >= 0.3 is 6.03 Å². The lowest BCUT2D eigenvalue weighted by molar-refractivity contribution is -0.126. The molecule has 2 rings (SSSR count). The summed E-state index contributed by atoms with van der Waals surface area (Å²) in [5.41, 5.74) is 6.14. The first-order valence-electron chi connectivity index (χ1n) is 4.86. The van der Waals surface area contributed by atoms with Gasteiger partial charge in [-0.2, -0.15) is 0 Å². The Morgan fingerprint density at radius 1 is 1.33 bits per heavy atom. The van der Waals surface area contributed by atoms with E-state index in [4.69, 9.17) is 5.73 Å². The highest BCUT2D eigenvalue weighted by Gasteiger charge is 2.35. The van der Waals surface area contributed by atoms with E-state index in [0.717, 1.165) is 10.5 Å². The van der Waals surface area contributed by atoms with Crippen molar-refractivity contribution in [2.75, 3.05) is 0 Å². The highest BCUT2D eigenvalue weighted by molar-refractivity contribution is 5.95. The van der Waals surface area contributed by atoms with E-state index in [1.165, 1.54) is 0 Å². The molecule has 0 bridgehead atoms. The van der Waals surface area contributed by atoms with Gasteiger partial charge in [-0.15, -0.1) is 0 Å². The summed E-state index contributed by atoms with van der Waals surface area (Å²) >= 11 is 0. The molecule has 1 unspecified atom stereocenters. The number of likely N-dealkylation sites (tertiary alicyclic amines) is 1. The van der Waals surface area contributed by atoms with Crippen LogP contribution in [0.15, 0.2) is 30.3 Å². The first-order valence-corrected chi connectivity index (χ1v) is 4.86. The number of urea groups is 1. The summed E-state index contributed by atoms with van der Waals surface area (Å²) in [5.74, 6) is -0.184. The number of nitrogens with two attached hydrogens (primary N) is 1. The lowest BCUT2D eigenvalue weighted by Crippen LogP contribution is -2.38. The van der Waals surface area contributed by atoms with E-state index in [-0.39, 0.29) is 11.9 Å². The van der Waals surface area contributed by atoms with Gasteiger partial charge in [0.15, 0.2) is 0 Å². The minimum atomic E-state index is -0.661. The Bertz CT molecular complexity index is 389. The topological polar surface area (TPSA) is 63.4 Å². The first-order chi connectivity index (χ1) is 7.20. The van der Waals surface area contributed by atoms with Crippen LogP contribution in [0, 0.1) is 0 Å². The fraction of sp³-hybridized carbons (Fsp3) is 0.273. The fourth-order valence-corrected chi connectivity index (χ4v) is 1.95. The third kappa shape index (κ3) is 1.70. The number of nitrogens with zero attached hydrogens (tertiary/aromatic N) is 1. The van der Waals surface area contributed by atoms with Gasteiger partial charge in [0, 0.05) is 6.42 Å². The van der Waals surface area contributed by atoms with Gasteiger partial charge < -0.3 is 5.73 Å². The molecule has 4 nitrogen and oxygen atoms in total. The molecule has 3 amide bonds. The lowest BCUT2D eigenvalue weighted by Gasteiger charge is -2.20. The van der Waals surface area contributed by atoms with Gasteiger partial charge in [0.1, 0.15) is 0 Å². The summed E-state index contributed by atoms with van der Waals surface area (Å²) in [6.45, 7) is 0. The Kier molecular flexibility index (Phi) is 2.41. The predicted molar refractivity (Wildman–Crippen MR) is 54.8 cm³/mol. The van der Waals surface area contributed by atoms with Crippen LogP contribution in [0.1, 0.15) is 24.4 Å². The summed E-state index contributed by atoms with van der Waals surface area (Å²) in [7, 11) is 0. The first kappa shape index (κ1) is 9.71. The molecule has 15 heavy (non-hydrogen) atoms. The molecule has 1 atom stereocenters. The molecule has 4 heteroatoms. The van der Waals surface area contributed by atoms with Gasteiger partial charge in [-0.3, -0.25) is 9.69 Å². The van der Waals surface area contributed by atoms with E-state index >= 15 is 0 Å². The number of hydrogen-bond acceptors (Lipinski definition) is 2. The van der Waals surface area contributed by atoms with E-state index in [1.54, 1.807) is 0 Å².